The molecule has 1 saturated heterocycles. The van der Waals surface area contributed by atoms with E-state index in [2.05, 4.69) is 18.5 Å². The first-order valence-electron chi connectivity index (χ1n) is 4.27. The van der Waals surface area contributed by atoms with Crippen molar-refractivity contribution in [3.8, 4) is 0 Å². The minimum Gasteiger partial charge on any atom is -0.327 e. The minimum atomic E-state index is 0.653. The fourth-order valence-electron chi connectivity index (χ4n) is 1.68. The molecule has 1 aliphatic heterocycles. The van der Waals surface area contributed by atoms with Crippen LogP contribution in [0.3, 0.4) is 0 Å². The maximum absolute atomic E-state index is 5.47. The van der Waals surface area contributed by atoms with Crippen molar-refractivity contribution in [1.29, 1.82) is 0 Å². The number of nitrogens with zero attached hydrogens (tertiary/aromatic N) is 1. The Hall–Kier alpha value is -0.340. The Bertz CT molecular complexity index is 142. The molecule has 1 aliphatic rings. The molecule has 0 aliphatic carbocycles. The van der Waals surface area contributed by atoms with Crippen LogP contribution in [-0.4, -0.2) is 31.6 Å². The van der Waals surface area contributed by atoms with Gasteiger partial charge in [0, 0.05) is 13.1 Å². The molecular weight excluding hydrogens is 136 g/mol. The van der Waals surface area contributed by atoms with E-state index in [1.807, 2.05) is 0 Å². The highest BCUT2D eigenvalue weighted by atomic mass is 15.1. The summed E-state index contributed by atoms with van der Waals surface area (Å²) in [4.78, 5) is 2.37. The van der Waals surface area contributed by atoms with E-state index < -0.39 is 0 Å². The van der Waals surface area contributed by atoms with Crippen LogP contribution in [0.15, 0.2) is 12.2 Å². The van der Waals surface area contributed by atoms with Crippen LogP contribution in [0.2, 0.25) is 0 Å². The van der Waals surface area contributed by atoms with Crippen molar-refractivity contribution in [3.63, 3.8) is 0 Å². The summed E-state index contributed by atoms with van der Waals surface area (Å²) in [5.41, 5.74) is 6.67. The van der Waals surface area contributed by atoms with E-state index in [-0.39, 0.29) is 0 Å². The fourth-order valence-corrected chi connectivity index (χ4v) is 1.68. The maximum Gasteiger partial charge on any atom is 0.0134 e. The van der Waals surface area contributed by atoms with E-state index >= 15 is 0 Å². The summed E-state index contributed by atoms with van der Waals surface area (Å²) in [5.74, 6) is 0.816. The van der Waals surface area contributed by atoms with E-state index in [1.54, 1.807) is 0 Å². The predicted octanol–water partition coefficient (Wildman–Crippen LogP) is 0.843. The van der Waals surface area contributed by atoms with E-state index in [0.29, 0.717) is 6.54 Å². The lowest BCUT2D eigenvalue weighted by Crippen LogP contribution is -2.15. The molecule has 1 heterocycles. The summed E-state index contributed by atoms with van der Waals surface area (Å²) < 4.78 is 0. The standard InChI is InChI=1S/C9H18N2/c1-8(6-10)5-9-3-4-11(2)7-9/h9H,1,3-7,10H2,2H3. The quantitative estimate of drug-likeness (QED) is 0.610. The van der Waals surface area contributed by atoms with Crippen LogP contribution >= 0.6 is 0 Å². The largest absolute Gasteiger partial charge is 0.327 e. The topological polar surface area (TPSA) is 29.3 Å². The van der Waals surface area contributed by atoms with Crippen molar-refractivity contribution in [1.82, 2.24) is 4.90 Å². The molecule has 2 nitrogen and oxygen atoms in total. The van der Waals surface area contributed by atoms with Gasteiger partial charge in [0.2, 0.25) is 0 Å². The highest BCUT2D eigenvalue weighted by Crippen LogP contribution is 2.20. The zero-order valence-electron chi connectivity index (χ0n) is 7.34. The lowest BCUT2D eigenvalue weighted by molar-refractivity contribution is 0.394. The SMILES string of the molecule is C=C(CN)CC1CCN(C)C1. The molecule has 1 rings (SSSR count). The molecular formula is C9H18N2. The third-order valence-electron chi connectivity index (χ3n) is 2.35. The molecule has 0 aromatic heterocycles. The molecule has 11 heavy (non-hydrogen) atoms. The molecule has 2 heteroatoms. The third-order valence-corrected chi connectivity index (χ3v) is 2.35. The lowest BCUT2D eigenvalue weighted by Gasteiger charge is -2.10. The summed E-state index contributed by atoms with van der Waals surface area (Å²) in [6, 6.07) is 0. The molecule has 0 bridgehead atoms. The summed E-state index contributed by atoms with van der Waals surface area (Å²) in [7, 11) is 2.17. The van der Waals surface area contributed by atoms with Crippen LogP contribution in [0.1, 0.15) is 12.8 Å². The molecule has 0 amide bonds. The molecule has 0 spiro atoms. The van der Waals surface area contributed by atoms with Gasteiger partial charge in [0.05, 0.1) is 0 Å². The smallest absolute Gasteiger partial charge is 0.0134 e. The number of rotatable bonds is 3. The van der Waals surface area contributed by atoms with Crippen molar-refractivity contribution in [2.45, 2.75) is 12.8 Å². The van der Waals surface area contributed by atoms with Crippen LogP contribution in [0.4, 0.5) is 0 Å². The molecule has 1 fully saturated rings. The van der Waals surface area contributed by atoms with Crippen molar-refractivity contribution in [2.75, 3.05) is 26.7 Å². The molecule has 0 aromatic carbocycles. The molecule has 0 saturated carbocycles. The van der Waals surface area contributed by atoms with E-state index in [4.69, 9.17) is 5.73 Å². The van der Waals surface area contributed by atoms with Crippen LogP contribution < -0.4 is 5.73 Å². The lowest BCUT2D eigenvalue weighted by atomic mass is 10.00. The van der Waals surface area contributed by atoms with Gasteiger partial charge < -0.3 is 10.6 Å². The van der Waals surface area contributed by atoms with Crippen molar-refractivity contribution in [2.24, 2.45) is 11.7 Å². The van der Waals surface area contributed by atoms with Gasteiger partial charge in [0.25, 0.3) is 0 Å². The number of nitrogens with two attached hydrogens (primary N) is 1. The second-order valence-corrected chi connectivity index (χ2v) is 3.58. The minimum absolute atomic E-state index is 0.653. The Morgan fingerprint density at radius 1 is 1.73 bits per heavy atom. The summed E-state index contributed by atoms with van der Waals surface area (Å²) in [6.07, 6.45) is 2.44. The second kappa shape index (κ2) is 3.88. The predicted molar refractivity (Wildman–Crippen MR) is 48.4 cm³/mol. The van der Waals surface area contributed by atoms with Crippen LogP contribution in [0.5, 0.6) is 0 Å². The average Bonchev–Trinajstić information content (AvgIpc) is 2.35. The Morgan fingerprint density at radius 3 is 2.91 bits per heavy atom. The third kappa shape index (κ3) is 2.64. The Kier molecular flexibility index (Phi) is 3.09. The number of likely N-dealkylation sites (tertiary alicyclic amines) is 1. The van der Waals surface area contributed by atoms with Gasteiger partial charge in [-0.3, -0.25) is 0 Å². The highest BCUT2D eigenvalue weighted by Gasteiger charge is 2.19. The zero-order chi connectivity index (χ0) is 8.27. The van der Waals surface area contributed by atoms with Gasteiger partial charge in [-0.25, -0.2) is 0 Å². The Labute approximate surface area is 69.1 Å². The molecule has 1 atom stereocenters. The average molecular weight is 154 g/mol. The van der Waals surface area contributed by atoms with Gasteiger partial charge >= 0.3 is 0 Å². The summed E-state index contributed by atoms with van der Waals surface area (Å²) >= 11 is 0. The van der Waals surface area contributed by atoms with Crippen LogP contribution in [-0.2, 0) is 0 Å². The second-order valence-electron chi connectivity index (χ2n) is 3.58. The van der Waals surface area contributed by atoms with Gasteiger partial charge in [-0.05, 0) is 32.4 Å². The first-order chi connectivity index (χ1) is 5.22. The molecule has 2 N–H and O–H groups in total. The molecule has 64 valence electrons. The van der Waals surface area contributed by atoms with Gasteiger partial charge in [-0.2, -0.15) is 0 Å². The first-order valence-corrected chi connectivity index (χ1v) is 4.27. The van der Waals surface area contributed by atoms with Gasteiger partial charge in [0.1, 0.15) is 0 Å². The van der Waals surface area contributed by atoms with Crippen molar-refractivity contribution < 1.29 is 0 Å². The molecule has 0 aromatic rings. The van der Waals surface area contributed by atoms with Gasteiger partial charge in [0.15, 0.2) is 0 Å². The van der Waals surface area contributed by atoms with E-state index in [0.717, 1.165) is 12.3 Å². The highest BCUT2D eigenvalue weighted by molar-refractivity contribution is 4.98. The monoisotopic (exact) mass is 154 g/mol. The number of hydrogen-bond donors (Lipinski definition) is 1. The first kappa shape index (κ1) is 8.75. The molecule has 0 radical (unpaired) electrons. The van der Waals surface area contributed by atoms with E-state index in [9.17, 15) is 0 Å². The van der Waals surface area contributed by atoms with Gasteiger partial charge in [-0.15, -0.1) is 0 Å². The van der Waals surface area contributed by atoms with E-state index in [1.165, 1.54) is 25.1 Å². The maximum atomic E-state index is 5.47. The fraction of sp³-hybridized carbons (Fsp3) is 0.778. The van der Waals surface area contributed by atoms with Crippen molar-refractivity contribution in [3.05, 3.63) is 12.2 Å². The van der Waals surface area contributed by atoms with Crippen LogP contribution in [0, 0.1) is 5.92 Å². The summed E-state index contributed by atoms with van der Waals surface area (Å²) in [6.45, 7) is 7.03. The number of hydrogen-bond acceptors (Lipinski definition) is 2. The Morgan fingerprint density at radius 2 is 2.45 bits per heavy atom. The van der Waals surface area contributed by atoms with Crippen molar-refractivity contribution >= 4 is 0 Å². The summed E-state index contributed by atoms with van der Waals surface area (Å²) in [5, 5.41) is 0. The van der Waals surface area contributed by atoms with Crippen LogP contribution in [0.25, 0.3) is 0 Å². The Balaban J connectivity index is 2.23. The normalized spacial score (nSPS) is 25.8. The van der Waals surface area contributed by atoms with Gasteiger partial charge in [-0.1, -0.05) is 12.2 Å². The molecule has 1 unspecified atom stereocenters. The zero-order valence-corrected chi connectivity index (χ0v) is 7.34.